The number of halogens is 1. The topological polar surface area (TPSA) is 88.3 Å². The molecule has 2 heterocycles. The molecule has 1 fully saturated rings. The molecule has 3 N–H and O–H groups in total. The fraction of sp³-hybridized carbons (Fsp3) is 0.278. The highest BCUT2D eigenvalue weighted by atomic mass is 35.5. The van der Waals surface area contributed by atoms with E-state index in [1.165, 1.54) is 6.20 Å². The van der Waals surface area contributed by atoms with Crippen LogP contribution in [-0.2, 0) is 9.59 Å². The number of nitrogen functional groups attached to an aromatic ring is 1. The highest BCUT2D eigenvalue weighted by Gasteiger charge is 2.38. The summed E-state index contributed by atoms with van der Waals surface area (Å²) < 4.78 is 0. The number of carbonyl (C=O) groups is 2. The lowest BCUT2D eigenvalue weighted by Crippen LogP contribution is -2.44. The number of piperidine rings is 1. The van der Waals surface area contributed by atoms with Crippen LogP contribution in [0.15, 0.2) is 48.7 Å². The molecule has 1 aliphatic heterocycles. The number of nitrogens with zero attached hydrogens (tertiary/aromatic N) is 2. The fourth-order valence-electron chi connectivity index (χ4n) is 3.13. The third-order valence-electron chi connectivity index (χ3n) is 4.39. The van der Waals surface area contributed by atoms with Crippen molar-refractivity contribution in [2.24, 2.45) is 5.92 Å². The summed E-state index contributed by atoms with van der Waals surface area (Å²) in [5, 5.41) is 2.88. The molecule has 1 aromatic heterocycles. The Kier molecular flexibility index (Phi) is 5.98. The summed E-state index contributed by atoms with van der Waals surface area (Å²) in [6.45, 7) is 0. The van der Waals surface area contributed by atoms with E-state index in [9.17, 15) is 9.59 Å². The number of nitrogens with two attached hydrogens (primary N) is 1. The summed E-state index contributed by atoms with van der Waals surface area (Å²) in [7, 11) is 1.75. The quantitative estimate of drug-likeness (QED) is 0.880. The van der Waals surface area contributed by atoms with Crippen LogP contribution in [0.3, 0.4) is 0 Å². The molecular formula is C18H21ClN4O2. The van der Waals surface area contributed by atoms with Crippen LogP contribution in [0, 0.1) is 5.92 Å². The number of hydrogen-bond donors (Lipinski definition) is 2. The van der Waals surface area contributed by atoms with Gasteiger partial charge in [-0.15, -0.1) is 12.4 Å². The van der Waals surface area contributed by atoms with E-state index < -0.39 is 0 Å². The Morgan fingerprint density at radius 2 is 1.96 bits per heavy atom. The van der Waals surface area contributed by atoms with Crippen LogP contribution in [0.5, 0.6) is 0 Å². The first kappa shape index (κ1) is 18.7. The molecule has 1 aromatic carbocycles. The zero-order chi connectivity index (χ0) is 17.1. The highest BCUT2D eigenvalue weighted by molar-refractivity contribution is 5.94. The minimum Gasteiger partial charge on any atom is -0.384 e. The number of pyridine rings is 1. The molecule has 0 bridgehead atoms. The Balaban J connectivity index is 0.00000225. The maximum Gasteiger partial charge on any atom is 0.229 e. The summed E-state index contributed by atoms with van der Waals surface area (Å²) in [6.07, 6.45) is 2.43. The van der Waals surface area contributed by atoms with Gasteiger partial charge in [-0.1, -0.05) is 30.3 Å². The van der Waals surface area contributed by atoms with Crippen LogP contribution in [0.4, 0.5) is 11.5 Å². The Labute approximate surface area is 152 Å². The highest BCUT2D eigenvalue weighted by Crippen LogP contribution is 2.36. The van der Waals surface area contributed by atoms with E-state index in [-0.39, 0.29) is 36.2 Å². The van der Waals surface area contributed by atoms with Crippen molar-refractivity contribution in [3.05, 3.63) is 54.2 Å². The number of nitrogens with one attached hydrogen (secondary N) is 1. The van der Waals surface area contributed by atoms with Gasteiger partial charge in [-0.3, -0.25) is 9.59 Å². The molecule has 1 aliphatic rings. The standard InChI is InChI=1S/C18H20N4O2.ClH/c1-22-16(23)10-8-14(17(22)12-5-3-2-4-6-12)18(24)21-13-7-9-15(19)20-11-13;/h2-7,9,11,14,17H,8,10H2,1H3,(H2,19,20)(H,21,24);1H. The van der Waals surface area contributed by atoms with Gasteiger partial charge in [0.2, 0.25) is 11.8 Å². The van der Waals surface area contributed by atoms with Gasteiger partial charge in [0.05, 0.1) is 23.8 Å². The van der Waals surface area contributed by atoms with Gasteiger partial charge in [0.1, 0.15) is 5.82 Å². The summed E-state index contributed by atoms with van der Waals surface area (Å²) in [5.41, 5.74) is 7.12. The van der Waals surface area contributed by atoms with Gasteiger partial charge >= 0.3 is 0 Å². The van der Waals surface area contributed by atoms with Crippen molar-refractivity contribution in [3.63, 3.8) is 0 Å². The van der Waals surface area contributed by atoms with Crippen LogP contribution < -0.4 is 11.1 Å². The van der Waals surface area contributed by atoms with E-state index in [2.05, 4.69) is 10.3 Å². The molecule has 25 heavy (non-hydrogen) atoms. The van der Waals surface area contributed by atoms with E-state index in [0.717, 1.165) is 5.56 Å². The molecule has 2 unspecified atom stereocenters. The third kappa shape index (κ3) is 4.09. The lowest BCUT2D eigenvalue weighted by atomic mass is 9.84. The predicted molar refractivity (Wildman–Crippen MR) is 99.2 cm³/mol. The molecule has 3 rings (SSSR count). The van der Waals surface area contributed by atoms with Crippen molar-refractivity contribution in [3.8, 4) is 0 Å². The predicted octanol–water partition coefficient (Wildman–Crippen LogP) is 2.63. The van der Waals surface area contributed by atoms with Gasteiger partial charge in [0.15, 0.2) is 0 Å². The third-order valence-corrected chi connectivity index (χ3v) is 4.39. The zero-order valence-electron chi connectivity index (χ0n) is 13.9. The number of aromatic nitrogens is 1. The van der Waals surface area contributed by atoms with Crippen LogP contribution in [0.2, 0.25) is 0 Å². The molecule has 2 aromatic rings. The van der Waals surface area contributed by atoms with Crippen molar-refractivity contribution in [2.45, 2.75) is 18.9 Å². The number of benzene rings is 1. The monoisotopic (exact) mass is 360 g/mol. The first-order valence-electron chi connectivity index (χ1n) is 7.89. The molecule has 0 saturated carbocycles. The van der Waals surface area contributed by atoms with Crippen LogP contribution in [0.1, 0.15) is 24.4 Å². The summed E-state index contributed by atoms with van der Waals surface area (Å²) >= 11 is 0. The molecule has 0 radical (unpaired) electrons. The van der Waals surface area contributed by atoms with Gasteiger partial charge < -0.3 is 16.0 Å². The molecule has 6 nitrogen and oxygen atoms in total. The maximum atomic E-state index is 12.8. The number of carbonyl (C=O) groups excluding carboxylic acids is 2. The van der Waals surface area contributed by atoms with Gasteiger partial charge in [-0.2, -0.15) is 0 Å². The number of rotatable bonds is 3. The van der Waals surface area contributed by atoms with Crippen molar-refractivity contribution in [2.75, 3.05) is 18.1 Å². The summed E-state index contributed by atoms with van der Waals surface area (Å²) in [4.78, 5) is 30.5. The molecule has 0 spiro atoms. The molecule has 7 heteroatoms. The van der Waals surface area contributed by atoms with Crippen LogP contribution in [-0.4, -0.2) is 28.7 Å². The first-order valence-corrected chi connectivity index (χ1v) is 7.89. The summed E-state index contributed by atoms with van der Waals surface area (Å²) in [5.74, 6) is 0.0302. The molecule has 1 saturated heterocycles. The van der Waals surface area contributed by atoms with Crippen LogP contribution in [0.25, 0.3) is 0 Å². The average Bonchev–Trinajstić information content (AvgIpc) is 2.60. The fourth-order valence-corrected chi connectivity index (χ4v) is 3.13. The Morgan fingerprint density at radius 1 is 1.24 bits per heavy atom. The lowest BCUT2D eigenvalue weighted by molar-refractivity contribution is -0.140. The molecule has 132 valence electrons. The Morgan fingerprint density at radius 3 is 2.60 bits per heavy atom. The first-order chi connectivity index (χ1) is 11.6. The average molecular weight is 361 g/mol. The maximum absolute atomic E-state index is 12.8. The van der Waals surface area contributed by atoms with Gasteiger partial charge in [-0.05, 0) is 24.1 Å². The number of anilines is 2. The van der Waals surface area contributed by atoms with E-state index >= 15 is 0 Å². The van der Waals surface area contributed by atoms with Crippen molar-refractivity contribution < 1.29 is 9.59 Å². The zero-order valence-corrected chi connectivity index (χ0v) is 14.7. The van der Waals surface area contributed by atoms with E-state index in [1.807, 2.05) is 30.3 Å². The van der Waals surface area contributed by atoms with E-state index in [1.54, 1.807) is 24.1 Å². The molecular weight excluding hydrogens is 340 g/mol. The summed E-state index contributed by atoms with van der Waals surface area (Å²) in [6, 6.07) is 12.7. The SMILES string of the molecule is CN1C(=O)CCC(C(=O)Nc2ccc(N)nc2)C1c1ccccc1.Cl. The van der Waals surface area contributed by atoms with Gasteiger partial charge in [-0.25, -0.2) is 4.98 Å². The van der Waals surface area contributed by atoms with Crippen molar-refractivity contribution in [1.82, 2.24) is 9.88 Å². The van der Waals surface area contributed by atoms with Gasteiger partial charge in [0.25, 0.3) is 0 Å². The minimum absolute atomic E-state index is 0. The molecule has 2 atom stereocenters. The van der Waals surface area contributed by atoms with Gasteiger partial charge in [0, 0.05) is 13.5 Å². The second-order valence-corrected chi connectivity index (χ2v) is 5.97. The van der Waals surface area contributed by atoms with E-state index in [0.29, 0.717) is 24.3 Å². The van der Waals surface area contributed by atoms with Crippen molar-refractivity contribution in [1.29, 1.82) is 0 Å². The molecule has 2 amide bonds. The Hall–Kier alpha value is -2.60. The lowest BCUT2D eigenvalue weighted by Gasteiger charge is -2.38. The number of amides is 2. The normalized spacial score (nSPS) is 19.9. The second kappa shape index (κ2) is 7.98. The number of hydrogen-bond acceptors (Lipinski definition) is 4. The second-order valence-electron chi connectivity index (χ2n) is 5.97. The smallest absolute Gasteiger partial charge is 0.229 e. The minimum atomic E-state index is -0.312. The Bertz CT molecular complexity index is 737. The van der Waals surface area contributed by atoms with E-state index in [4.69, 9.17) is 5.73 Å². The number of likely N-dealkylation sites (tertiary alicyclic amines) is 1. The van der Waals surface area contributed by atoms with Crippen LogP contribution >= 0.6 is 12.4 Å². The molecule has 0 aliphatic carbocycles. The van der Waals surface area contributed by atoms with Crippen molar-refractivity contribution >= 4 is 35.7 Å². The largest absolute Gasteiger partial charge is 0.384 e.